The normalized spacial score (nSPS) is 34.8. The Labute approximate surface area is 81.3 Å². The summed E-state index contributed by atoms with van der Waals surface area (Å²) in [6.45, 7) is 5.55. The van der Waals surface area contributed by atoms with Crippen LogP contribution in [0.2, 0.25) is 0 Å². The van der Waals surface area contributed by atoms with Gasteiger partial charge >= 0.3 is 0 Å². The molecule has 2 aliphatic rings. The van der Waals surface area contributed by atoms with Crippen molar-refractivity contribution in [3.8, 4) is 0 Å². The van der Waals surface area contributed by atoms with E-state index in [-0.39, 0.29) is 0 Å². The van der Waals surface area contributed by atoms with Crippen LogP contribution >= 0.6 is 0 Å². The van der Waals surface area contributed by atoms with E-state index in [1.54, 1.807) is 0 Å². The number of rotatable bonds is 3. The number of ether oxygens (including phenoxy) is 1. The van der Waals surface area contributed by atoms with Gasteiger partial charge in [0.25, 0.3) is 0 Å². The van der Waals surface area contributed by atoms with E-state index in [2.05, 4.69) is 11.8 Å². The first kappa shape index (κ1) is 9.47. The molecule has 2 atom stereocenters. The lowest BCUT2D eigenvalue weighted by molar-refractivity contribution is -0.0733. The topological polar surface area (TPSA) is 12.5 Å². The summed E-state index contributed by atoms with van der Waals surface area (Å²) in [5.74, 6) is 0. The van der Waals surface area contributed by atoms with Gasteiger partial charge in [0.15, 0.2) is 0 Å². The van der Waals surface area contributed by atoms with E-state index in [9.17, 15) is 0 Å². The van der Waals surface area contributed by atoms with Gasteiger partial charge in [0.05, 0.1) is 13.2 Å². The first-order chi connectivity index (χ1) is 6.42. The predicted molar refractivity (Wildman–Crippen MR) is 53.9 cm³/mol. The molecule has 0 spiro atoms. The molecular formula is C11H21NO. The van der Waals surface area contributed by atoms with Crippen molar-refractivity contribution in [2.24, 2.45) is 0 Å². The molecule has 76 valence electrons. The highest BCUT2D eigenvalue weighted by Gasteiger charge is 2.33. The molecule has 2 unspecified atom stereocenters. The molecule has 0 aliphatic carbocycles. The van der Waals surface area contributed by atoms with E-state index in [1.165, 1.54) is 38.6 Å². The molecule has 0 amide bonds. The van der Waals surface area contributed by atoms with Crippen molar-refractivity contribution in [2.45, 2.75) is 51.1 Å². The molecule has 2 nitrogen and oxygen atoms in total. The molecule has 2 fully saturated rings. The Morgan fingerprint density at radius 1 is 1.23 bits per heavy atom. The maximum absolute atomic E-state index is 5.61. The third-order valence-corrected chi connectivity index (χ3v) is 3.40. The van der Waals surface area contributed by atoms with Gasteiger partial charge in [-0.2, -0.15) is 0 Å². The molecule has 2 bridgehead atoms. The molecule has 2 heterocycles. The van der Waals surface area contributed by atoms with Crippen molar-refractivity contribution < 1.29 is 4.74 Å². The van der Waals surface area contributed by atoms with Crippen LogP contribution in [0.4, 0.5) is 0 Å². The number of morpholine rings is 1. The van der Waals surface area contributed by atoms with Crippen LogP contribution in [0.5, 0.6) is 0 Å². The molecular weight excluding hydrogens is 162 g/mol. The molecule has 0 N–H and O–H groups in total. The van der Waals surface area contributed by atoms with Gasteiger partial charge in [-0.25, -0.2) is 0 Å². The Balaban J connectivity index is 1.90. The molecule has 2 rings (SSSR count). The second kappa shape index (κ2) is 4.43. The highest BCUT2D eigenvalue weighted by atomic mass is 16.5. The molecule has 0 radical (unpaired) electrons. The first-order valence-electron chi connectivity index (χ1n) is 5.75. The van der Waals surface area contributed by atoms with E-state index in [0.29, 0.717) is 0 Å². The van der Waals surface area contributed by atoms with Crippen LogP contribution in [0, 0.1) is 0 Å². The number of fused-ring (bicyclic) bond motifs is 2. The zero-order valence-electron chi connectivity index (χ0n) is 8.67. The highest BCUT2D eigenvalue weighted by molar-refractivity contribution is 4.87. The van der Waals surface area contributed by atoms with Crippen LogP contribution in [0.25, 0.3) is 0 Å². The zero-order valence-corrected chi connectivity index (χ0v) is 8.67. The summed E-state index contributed by atoms with van der Waals surface area (Å²) in [7, 11) is 0. The maximum atomic E-state index is 5.61. The summed E-state index contributed by atoms with van der Waals surface area (Å²) in [6.07, 6.45) is 6.81. The number of unbranched alkanes of at least 4 members (excludes halogenated alkanes) is 1. The lowest BCUT2D eigenvalue weighted by Crippen LogP contribution is -2.54. The average molecular weight is 183 g/mol. The number of nitrogens with zero attached hydrogens (tertiary/aromatic N) is 1. The molecule has 0 aromatic carbocycles. The van der Waals surface area contributed by atoms with E-state index in [1.807, 2.05) is 0 Å². The summed E-state index contributed by atoms with van der Waals surface area (Å²) >= 11 is 0. The van der Waals surface area contributed by atoms with Gasteiger partial charge in [-0.1, -0.05) is 19.8 Å². The van der Waals surface area contributed by atoms with Crippen molar-refractivity contribution in [1.29, 1.82) is 0 Å². The highest BCUT2D eigenvalue weighted by Crippen LogP contribution is 2.27. The standard InChI is InChI=1S/C11H21NO/c1-2-3-7-12-10-5-4-6-11(12)9-13-8-10/h10-11H,2-9H2,1H3. The number of piperidine rings is 1. The summed E-state index contributed by atoms with van der Waals surface area (Å²) in [4.78, 5) is 2.70. The van der Waals surface area contributed by atoms with E-state index in [0.717, 1.165) is 25.3 Å². The van der Waals surface area contributed by atoms with E-state index in [4.69, 9.17) is 4.74 Å². The molecule has 2 saturated heterocycles. The molecule has 2 heteroatoms. The third kappa shape index (κ3) is 2.05. The van der Waals surface area contributed by atoms with Crippen LogP contribution in [0.1, 0.15) is 39.0 Å². The van der Waals surface area contributed by atoms with Gasteiger partial charge in [-0.05, 0) is 25.8 Å². The molecule has 2 aliphatic heterocycles. The lowest BCUT2D eigenvalue weighted by atomic mass is 9.94. The summed E-state index contributed by atoms with van der Waals surface area (Å²) in [6, 6.07) is 1.50. The Hall–Kier alpha value is -0.0800. The van der Waals surface area contributed by atoms with Crippen molar-refractivity contribution in [1.82, 2.24) is 4.90 Å². The van der Waals surface area contributed by atoms with E-state index >= 15 is 0 Å². The van der Waals surface area contributed by atoms with Gasteiger partial charge in [0.2, 0.25) is 0 Å². The summed E-state index contributed by atoms with van der Waals surface area (Å²) < 4.78 is 5.61. The van der Waals surface area contributed by atoms with Crippen LogP contribution < -0.4 is 0 Å². The van der Waals surface area contributed by atoms with Gasteiger partial charge in [0.1, 0.15) is 0 Å². The van der Waals surface area contributed by atoms with Crippen molar-refractivity contribution in [2.75, 3.05) is 19.8 Å². The quantitative estimate of drug-likeness (QED) is 0.664. The Bertz CT molecular complexity index is 138. The minimum Gasteiger partial charge on any atom is -0.378 e. The summed E-state index contributed by atoms with van der Waals surface area (Å²) in [5, 5.41) is 0. The predicted octanol–water partition coefficient (Wildman–Crippen LogP) is 2.04. The molecule has 0 saturated carbocycles. The lowest BCUT2D eigenvalue weighted by Gasteiger charge is -2.45. The Morgan fingerprint density at radius 2 is 1.92 bits per heavy atom. The Kier molecular flexibility index (Phi) is 3.23. The van der Waals surface area contributed by atoms with Gasteiger partial charge in [-0.3, -0.25) is 4.90 Å². The monoisotopic (exact) mass is 183 g/mol. The molecule has 13 heavy (non-hydrogen) atoms. The zero-order chi connectivity index (χ0) is 9.10. The maximum Gasteiger partial charge on any atom is 0.0622 e. The second-order valence-electron chi connectivity index (χ2n) is 4.37. The fourth-order valence-electron chi connectivity index (χ4n) is 2.62. The van der Waals surface area contributed by atoms with Crippen molar-refractivity contribution in [3.05, 3.63) is 0 Å². The van der Waals surface area contributed by atoms with Gasteiger partial charge in [0, 0.05) is 12.1 Å². The number of hydrogen-bond acceptors (Lipinski definition) is 2. The summed E-state index contributed by atoms with van der Waals surface area (Å²) in [5.41, 5.74) is 0. The van der Waals surface area contributed by atoms with Gasteiger partial charge < -0.3 is 4.74 Å². The van der Waals surface area contributed by atoms with Gasteiger partial charge in [-0.15, -0.1) is 0 Å². The van der Waals surface area contributed by atoms with Crippen molar-refractivity contribution in [3.63, 3.8) is 0 Å². The fourth-order valence-corrected chi connectivity index (χ4v) is 2.62. The minimum absolute atomic E-state index is 0.749. The smallest absolute Gasteiger partial charge is 0.0622 e. The molecule has 0 aromatic heterocycles. The van der Waals surface area contributed by atoms with Crippen LogP contribution in [-0.4, -0.2) is 36.7 Å². The average Bonchev–Trinajstić information content (AvgIpc) is 2.14. The fraction of sp³-hybridized carbons (Fsp3) is 1.00. The molecule has 0 aromatic rings. The first-order valence-corrected chi connectivity index (χ1v) is 5.75. The third-order valence-electron chi connectivity index (χ3n) is 3.40. The Morgan fingerprint density at radius 3 is 2.54 bits per heavy atom. The van der Waals surface area contributed by atoms with Crippen LogP contribution in [0.15, 0.2) is 0 Å². The SMILES string of the molecule is CCCCN1C2CCCC1COC2. The minimum atomic E-state index is 0.749. The second-order valence-corrected chi connectivity index (χ2v) is 4.37. The van der Waals surface area contributed by atoms with Crippen LogP contribution in [-0.2, 0) is 4.74 Å². The largest absolute Gasteiger partial charge is 0.378 e. The van der Waals surface area contributed by atoms with Crippen LogP contribution in [0.3, 0.4) is 0 Å². The van der Waals surface area contributed by atoms with Crippen molar-refractivity contribution >= 4 is 0 Å². The number of hydrogen-bond donors (Lipinski definition) is 0. The van der Waals surface area contributed by atoms with E-state index < -0.39 is 0 Å².